The number of hydrogen-bond donors (Lipinski definition) is 0. The molecule has 0 unspecified atom stereocenters. The van der Waals surface area contributed by atoms with E-state index in [0.29, 0.717) is 5.89 Å². The molecule has 10 rings (SSSR count). The van der Waals surface area contributed by atoms with Gasteiger partial charge in [0, 0.05) is 39.4 Å². The normalized spacial score (nSPS) is 11.3. The molecule has 4 heteroatoms. The van der Waals surface area contributed by atoms with Crippen molar-refractivity contribution in [2.75, 3.05) is 9.80 Å². The van der Waals surface area contributed by atoms with Crippen LogP contribution in [-0.2, 0) is 0 Å². The largest absolute Gasteiger partial charge is 0.435 e. The van der Waals surface area contributed by atoms with Crippen molar-refractivity contribution >= 4 is 66.8 Å². The molecule has 0 fully saturated rings. The molecule has 55 heavy (non-hydrogen) atoms. The number of fused-ring (bicyclic) bond motifs is 4. The van der Waals surface area contributed by atoms with E-state index >= 15 is 0 Å². The summed E-state index contributed by atoms with van der Waals surface area (Å²) < 4.78 is 6.77. The van der Waals surface area contributed by atoms with Gasteiger partial charge in [-0.2, -0.15) is 0 Å². The zero-order valence-corrected chi connectivity index (χ0v) is 30.0. The Hall–Kier alpha value is -7.43. The average Bonchev–Trinajstić information content (AvgIpc) is 3.72. The van der Waals surface area contributed by atoms with E-state index in [4.69, 9.17) is 9.40 Å². The van der Waals surface area contributed by atoms with Crippen molar-refractivity contribution in [3.8, 4) is 22.6 Å². The average molecular weight is 706 g/mol. The number of aromatic nitrogens is 1. The number of rotatable bonds is 8. The first kappa shape index (κ1) is 32.2. The molecular weight excluding hydrogens is 671 g/mol. The molecule has 0 N–H and O–H groups in total. The van der Waals surface area contributed by atoms with E-state index in [-0.39, 0.29) is 0 Å². The number of oxazole rings is 1. The first-order valence-corrected chi connectivity index (χ1v) is 18.5. The maximum atomic E-state index is 6.77. The predicted molar refractivity (Wildman–Crippen MR) is 229 cm³/mol. The van der Waals surface area contributed by atoms with Crippen LogP contribution in [0.25, 0.3) is 55.2 Å². The van der Waals surface area contributed by atoms with Crippen LogP contribution in [0.1, 0.15) is 0 Å². The Labute approximate surface area is 319 Å². The Balaban J connectivity index is 1.20. The summed E-state index contributed by atoms with van der Waals surface area (Å²) in [5.41, 5.74) is 11.0. The third kappa shape index (κ3) is 6.06. The molecule has 0 aliphatic carbocycles. The lowest BCUT2D eigenvalue weighted by Crippen LogP contribution is -2.11. The van der Waals surface area contributed by atoms with Gasteiger partial charge in [0.1, 0.15) is 5.52 Å². The van der Waals surface area contributed by atoms with E-state index in [2.05, 4.69) is 186 Å². The van der Waals surface area contributed by atoms with Crippen molar-refractivity contribution in [3.63, 3.8) is 0 Å². The van der Waals surface area contributed by atoms with Crippen molar-refractivity contribution in [1.82, 2.24) is 4.98 Å². The lowest BCUT2D eigenvalue weighted by molar-refractivity contribution is 0.623. The van der Waals surface area contributed by atoms with Gasteiger partial charge >= 0.3 is 0 Å². The van der Waals surface area contributed by atoms with Gasteiger partial charge in [-0.05, 0) is 112 Å². The minimum Gasteiger partial charge on any atom is -0.435 e. The van der Waals surface area contributed by atoms with Gasteiger partial charge in [0.05, 0.1) is 5.69 Å². The molecule has 0 spiro atoms. The Morgan fingerprint density at radius 1 is 0.345 bits per heavy atom. The van der Waals surface area contributed by atoms with Gasteiger partial charge in [0.2, 0.25) is 5.89 Å². The smallest absolute Gasteiger partial charge is 0.227 e. The highest BCUT2D eigenvalue weighted by molar-refractivity contribution is 6.12. The van der Waals surface area contributed by atoms with Crippen LogP contribution in [0, 0.1) is 0 Å². The van der Waals surface area contributed by atoms with Crippen LogP contribution in [0.4, 0.5) is 34.1 Å². The van der Waals surface area contributed by atoms with E-state index in [0.717, 1.165) is 67.1 Å². The maximum absolute atomic E-state index is 6.77. The van der Waals surface area contributed by atoms with Gasteiger partial charge in [-0.25, -0.2) is 4.98 Å². The van der Waals surface area contributed by atoms with E-state index in [1.807, 2.05) is 36.4 Å². The number of benzene rings is 9. The first-order chi connectivity index (χ1) is 27.3. The summed E-state index contributed by atoms with van der Waals surface area (Å²) in [5.74, 6) is 0.586. The summed E-state index contributed by atoms with van der Waals surface area (Å²) in [5, 5.41) is 4.44. The second-order valence-corrected chi connectivity index (χ2v) is 13.7. The molecule has 0 aliphatic heterocycles. The summed E-state index contributed by atoms with van der Waals surface area (Å²) >= 11 is 0. The molecular formula is C51H35N3O. The van der Waals surface area contributed by atoms with Crippen LogP contribution in [-0.4, -0.2) is 4.98 Å². The molecule has 1 aromatic heterocycles. The summed E-state index contributed by atoms with van der Waals surface area (Å²) in [6, 6.07) is 74.5. The predicted octanol–water partition coefficient (Wildman–Crippen LogP) is 14.4. The summed E-state index contributed by atoms with van der Waals surface area (Å²) in [4.78, 5) is 9.85. The Morgan fingerprint density at radius 3 is 1.51 bits per heavy atom. The minimum absolute atomic E-state index is 0.586. The third-order valence-electron chi connectivity index (χ3n) is 10.2. The van der Waals surface area contributed by atoms with Gasteiger partial charge in [-0.3, -0.25) is 0 Å². The highest BCUT2D eigenvalue weighted by Gasteiger charge is 2.23. The van der Waals surface area contributed by atoms with Gasteiger partial charge in [-0.1, -0.05) is 127 Å². The van der Waals surface area contributed by atoms with Crippen LogP contribution in [0.15, 0.2) is 217 Å². The van der Waals surface area contributed by atoms with Crippen molar-refractivity contribution in [2.45, 2.75) is 0 Å². The van der Waals surface area contributed by atoms with Crippen molar-refractivity contribution in [2.24, 2.45) is 0 Å². The fraction of sp³-hybridized carbons (Fsp3) is 0. The van der Waals surface area contributed by atoms with Gasteiger partial charge in [0.15, 0.2) is 5.58 Å². The Kier molecular flexibility index (Phi) is 8.12. The van der Waals surface area contributed by atoms with Gasteiger partial charge in [-0.15, -0.1) is 0 Å². The lowest BCUT2D eigenvalue weighted by atomic mass is 10.0. The SMILES string of the molecule is c1ccc(-c2ccc(N(c3ccccc3)c3cc4cc(N(c5ccccc5)c5ccc6ccccc6c5)ccc4c4oc(-c5ccccc5)nc34)cc2)cc1. The first-order valence-electron chi connectivity index (χ1n) is 18.5. The van der Waals surface area contributed by atoms with Gasteiger partial charge < -0.3 is 14.2 Å². The Morgan fingerprint density at radius 2 is 0.836 bits per heavy atom. The standard InChI is InChI=1S/C51H35N3O/c1-5-15-36(16-6-1)38-25-28-44(29-26-38)54(43-23-11-4-12-24-43)48-35-41-34-46(31-32-47(41)50-49(48)52-51(55-50)39-18-7-2-8-19-39)53(42-21-9-3-10-22-42)45-30-27-37-17-13-14-20-40(37)33-45/h1-35H. The monoisotopic (exact) mass is 705 g/mol. The highest BCUT2D eigenvalue weighted by atomic mass is 16.3. The molecule has 1 heterocycles. The molecule has 0 saturated carbocycles. The molecule has 0 saturated heterocycles. The second kappa shape index (κ2) is 13.8. The molecule has 10 aromatic rings. The zero-order valence-electron chi connectivity index (χ0n) is 30.0. The maximum Gasteiger partial charge on any atom is 0.227 e. The highest BCUT2D eigenvalue weighted by Crippen LogP contribution is 2.45. The zero-order chi connectivity index (χ0) is 36.6. The Bertz CT molecular complexity index is 2910. The summed E-state index contributed by atoms with van der Waals surface area (Å²) in [7, 11) is 0. The number of nitrogens with zero attached hydrogens (tertiary/aromatic N) is 3. The van der Waals surface area contributed by atoms with E-state index < -0.39 is 0 Å². The van der Waals surface area contributed by atoms with Crippen molar-refractivity contribution < 1.29 is 4.42 Å². The fourth-order valence-electron chi connectivity index (χ4n) is 7.56. The van der Waals surface area contributed by atoms with Crippen molar-refractivity contribution in [1.29, 1.82) is 0 Å². The van der Waals surface area contributed by atoms with Gasteiger partial charge in [0.25, 0.3) is 0 Å². The summed E-state index contributed by atoms with van der Waals surface area (Å²) in [6.07, 6.45) is 0. The van der Waals surface area contributed by atoms with Crippen LogP contribution in [0.3, 0.4) is 0 Å². The topological polar surface area (TPSA) is 32.5 Å². The van der Waals surface area contributed by atoms with E-state index in [9.17, 15) is 0 Å². The van der Waals surface area contributed by atoms with E-state index in [1.54, 1.807) is 0 Å². The van der Waals surface area contributed by atoms with Crippen LogP contribution in [0.2, 0.25) is 0 Å². The van der Waals surface area contributed by atoms with Crippen LogP contribution in [0.5, 0.6) is 0 Å². The lowest BCUT2D eigenvalue weighted by Gasteiger charge is -2.27. The van der Waals surface area contributed by atoms with Crippen molar-refractivity contribution in [3.05, 3.63) is 212 Å². The molecule has 4 nitrogen and oxygen atoms in total. The number of hydrogen-bond acceptors (Lipinski definition) is 4. The summed E-state index contributed by atoms with van der Waals surface area (Å²) in [6.45, 7) is 0. The minimum atomic E-state index is 0.586. The fourth-order valence-corrected chi connectivity index (χ4v) is 7.56. The third-order valence-corrected chi connectivity index (χ3v) is 10.2. The molecule has 0 radical (unpaired) electrons. The number of para-hydroxylation sites is 2. The molecule has 9 aromatic carbocycles. The molecule has 0 amide bonds. The molecule has 260 valence electrons. The second-order valence-electron chi connectivity index (χ2n) is 13.7. The molecule has 0 bridgehead atoms. The van der Waals surface area contributed by atoms with Crippen LogP contribution >= 0.6 is 0 Å². The quantitative estimate of drug-likeness (QED) is 0.158. The van der Waals surface area contributed by atoms with E-state index in [1.165, 1.54) is 16.3 Å². The number of anilines is 6. The molecule has 0 atom stereocenters. The molecule has 0 aliphatic rings. The van der Waals surface area contributed by atoms with Crippen LogP contribution < -0.4 is 9.80 Å².